The van der Waals surface area contributed by atoms with Crippen molar-refractivity contribution in [3.63, 3.8) is 0 Å². The summed E-state index contributed by atoms with van der Waals surface area (Å²) in [4.78, 5) is 29.9. The number of aryl methyl sites for hydroxylation is 1. The van der Waals surface area contributed by atoms with Crippen molar-refractivity contribution in [2.24, 2.45) is 4.99 Å². The number of carbonyl (C=O) groups is 2. The van der Waals surface area contributed by atoms with Gasteiger partial charge in [0.2, 0.25) is 0 Å². The van der Waals surface area contributed by atoms with Crippen LogP contribution in [-0.4, -0.2) is 28.7 Å². The summed E-state index contributed by atoms with van der Waals surface area (Å²) >= 11 is 6.91. The van der Waals surface area contributed by atoms with Gasteiger partial charge < -0.3 is 20.5 Å². The molecule has 1 saturated heterocycles. The number of benzene rings is 3. The molecule has 2 amide bonds. The maximum atomic E-state index is 12.4. The van der Waals surface area contributed by atoms with Crippen LogP contribution in [0.1, 0.15) is 36.5 Å². The van der Waals surface area contributed by atoms with Crippen LogP contribution in [0, 0.1) is 6.92 Å². The quantitative estimate of drug-likeness (QED) is 0.302. The number of nitrogens with zero attached hydrogens (tertiary/aromatic N) is 1. The van der Waals surface area contributed by atoms with E-state index in [1.807, 2.05) is 45.0 Å². The number of carbonyl (C=O) groups excluding carboxylic acids is 2. The highest BCUT2D eigenvalue weighted by molar-refractivity contribution is 8.18. The van der Waals surface area contributed by atoms with E-state index in [1.165, 1.54) is 0 Å². The minimum absolute atomic E-state index is 0.114. The number of hydrogen-bond donors (Lipinski definition) is 3. The van der Waals surface area contributed by atoms with Crippen LogP contribution < -0.4 is 15.4 Å². The van der Waals surface area contributed by atoms with Gasteiger partial charge in [-0.1, -0.05) is 43.6 Å². The number of amides is 2. The molecule has 3 aromatic carbocycles. The molecule has 0 radical (unpaired) electrons. The third-order valence-electron chi connectivity index (χ3n) is 5.55. The van der Waals surface area contributed by atoms with Crippen molar-refractivity contribution < 1.29 is 19.4 Å². The molecular formula is C28H26ClN3O4S. The van der Waals surface area contributed by atoms with Gasteiger partial charge in [-0.3, -0.25) is 9.59 Å². The predicted octanol–water partition coefficient (Wildman–Crippen LogP) is 7.02. The van der Waals surface area contributed by atoms with Crippen molar-refractivity contribution in [1.29, 1.82) is 0 Å². The van der Waals surface area contributed by atoms with Gasteiger partial charge in [0.25, 0.3) is 11.1 Å². The van der Waals surface area contributed by atoms with E-state index in [-0.39, 0.29) is 29.4 Å². The predicted molar refractivity (Wildman–Crippen MR) is 150 cm³/mol. The second kappa shape index (κ2) is 11.5. The van der Waals surface area contributed by atoms with E-state index in [2.05, 4.69) is 10.6 Å². The Morgan fingerprint density at radius 2 is 1.92 bits per heavy atom. The lowest BCUT2D eigenvalue weighted by atomic mass is 9.99. The van der Waals surface area contributed by atoms with Crippen LogP contribution in [0.25, 0.3) is 6.08 Å². The highest BCUT2D eigenvalue weighted by Crippen LogP contribution is 2.35. The first-order chi connectivity index (χ1) is 17.7. The maximum Gasteiger partial charge on any atom is 0.289 e. The van der Waals surface area contributed by atoms with Crippen LogP contribution in [0.4, 0.5) is 16.2 Å². The van der Waals surface area contributed by atoms with Crippen LogP contribution in [0.15, 0.2) is 70.6 Å². The van der Waals surface area contributed by atoms with Gasteiger partial charge in [-0.2, -0.15) is 0 Å². The number of thioether (sulfide) groups is 1. The van der Waals surface area contributed by atoms with Gasteiger partial charge in [0.1, 0.15) is 17.3 Å². The maximum absolute atomic E-state index is 12.4. The van der Waals surface area contributed by atoms with E-state index >= 15 is 0 Å². The van der Waals surface area contributed by atoms with Crippen molar-refractivity contribution in [2.75, 3.05) is 11.9 Å². The van der Waals surface area contributed by atoms with Crippen molar-refractivity contribution >= 4 is 57.8 Å². The van der Waals surface area contributed by atoms with Gasteiger partial charge in [0.15, 0.2) is 6.61 Å². The number of para-hydroxylation sites is 1. The number of ether oxygens (including phenoxy) is 1. The molecule has 0 spiro atoms. The summed E-state index contributed by atoms with van der Waals surface area (Å²) in [5, 5.41) is 16.2. The molecule has 190 valence electrons. The van der Waals surface area contributed by atoms with E-state index in [4.69, 9.17) is 21.3 Å². The van der Waals surface area contributed by atoms with Gasteiger partial charge in [0.05, 0.1) is 10.6 Å². The molecule has 3 N–H and O–H groups in total. The lowest BCUT2D eigenvalue weighted by Gasteiger charge is -2.12. The number of anilines is 1. The highest BCUT2D eigenvalue weighted by atomic mass is 35.5. The average molecular weight is 536 g/mol. The van der Waals surface area contributed by atoms with Crippen LogP contribution >= 0.6 is 23.4 Å². The second-order valence-electron chi connectivity index (χ2n) is 8.72. The SMILES string of the molecule is Cc1cc(O)c(C(C)C)cc1N=C1NC(=O)SC1=Cc1ccccc1OCC(=O)Nc1ccc(Cl)cc1. The molecule has 37 heavy (non-hydrogen) atoms. The minimum atomic E-state index is -0.317. The third kappa shape index (κ3) is 6.72. The molecule has 1 aliphatic heterocycles. The van der Waals surface area contributed by atoms with E-state index in [0.29, 0.717) is 38.5 Å². The molecule has 0 saturated carbocycles. The summed E-state index contributed by atoms with van der Waals surface area (Å²) in [6.07, 6.45) is 1.80. The summed E-state index contributed by atoms with van der Waals surface area (Å²) < 4.78 is 5.79. The molecule has 3 aromatic rings. The Morgan fingerprint density at radius 3 is 2.65 bits per heavy atom. The molecule has 9 heteroatoms. The fraction of sp³-hybridized carbons (Fsp3) is 0.179. The topological polar surface area (TPSA) is 100 Å². The molecule has 7 nitrogen and oxygen atoms in total. The van der Waals surface area contributed by atoms with Crippen molar-refractivity contribution in [1.82, 2.24) is 5.32 Å². The number of phenolic OH excluding ortho intramolecular Hbond substituents is 1. The molecule has 0 atom stereocenters. The fourth-order valence-corrected chi connectivity index (χ4v) is 4.51. The van der Waals surface area contributed by atoms with Gasteiger partial charge in [-0.15, -0.1) is 0 Å². The fourth-order valence-electron chi connectivity index (χ4n) is 3.66. The van der Waals surface area contributed by atoms with Crippen molar-refractivity contribution in [3.05, 3.63) is 87.3 Å². The Balaban J connectivity index is 1.56. The number of halogens is 1. The van der Waals surface area contributed by atoms with Gasteiger partial charge in [0, 0.05) is 16.3 Å². The number of nitrogens with one attached hydrogen (secondary N) is 2. The molecule has 1 heterocycles. The zero-order chi connectivity index (χ0) is 26.5. The summed E-state index contributed by atoms with van der Waals surface area (Å²) in [6.45, 7) is 5.65. The number of rotatable bonds is 7. The van der Waals surface area contributed by atoms with E-state index in [0.717, 1.165) is 22.9 Å². The number of amidine groups is 1. The standard InChI is InChI=1S/C28H26ClN3O4S/c1-16(2)21-14-22(17(3)12-23(21)33)31-27-25(37-28(35)32-27)13-18-6-4-5-7-24(18)36-15-26(34)30-20-10-8-19(29)9-11-20/h4-14,16,33H,15H2,1-3H3,(H,30,34)(H,31,32,35). The van der Waals surface area contributed by atoms with Crippen molar-refractivity contribution in [2.45, 2.75) is 26.7 Å². The first kappa shape index (κ1) is 26.3. The Hall–Kier alpha value is -3.75. The smallest absolute Gasteiger partial charge is 0.289 e. The Labute approximate surface area is 224 Å². The number of hydrogen-bond acceptors (Lipinski definition) is 6. The number of aliphatic imine (C=N–C) groups is 1. The molecule has 1 aliphatic rings. The first-order valence-electron chi connectivity index (χ1n) is 11.6. The average Bonchev–Trinajstić information content (AvgIpc) is 3.19. The van der Waals surface area contributed by atoms with Crippen molar-refractivity contribution in [3.8, 4) is 11.5 Å². The lowest BCUT2D eigenvalue weighted by molar-refractivity contribution is -0.118. The largest absolute Gasteiger partial charge is 0.508 e. The highest BCUT2D eigenvalue weighted by Gasteiger charge is 2.24. The van der Waals surface area contributed by atoms with Gasteiger partial charge in [-0.25, -0.2) is 4.99 Å². The molecule has 0 aliphatic carbocycles. The summed E-state index contributed by atoms with van der Waals surface area (Å²) in [6, 6.07) is 17.6. The van der Waals surface area contributed by atoms with E-state index < -0.39 is 0 Å². The van der Waals surface area contributed by atoms with Crippen LogP contribution in [-0.2, 0) is 4.79 Å². The normalized spacial score (nSPS) is 15.3. The molecule has 1 fully saturated rings. The first-order valence-corrected chi connectivity index (χ1v) is 12.8. The summed E-state index contributed by atoms with van der Waals surface area (Å²) in [5.41, 5.74) is 3.54. The lowest BCUT2D eigenvalue weighted by Crippen LogP contribution is -2.20. The number of phenols is 1. The Bertz CT molecular complexity index is 1400. The Kier molecular flexibility index (Phi) is 8.21. The zero-order valence-electron chi connectivity index (χ0n) is 20.5. The van der Waals surface area contributed by atoms with Crippen LogP contribution in [0.2, 0.25) is 5.02 Å². The molecule has 0 unspecified atom stereocenters. The molecular weight excluding hydrogens is 510 g/mol. The van der Waals surface area contributed by atoms with Crippen LogP contribution in [0.3, 0.4) is 0 Å². The third-order valence-corrected chi connectivity index (χ3v) is 6.62. The van der Waals surface area contributed by atoms with Gasteiger partial charge in [-0.05, 0) is 84.3 Å². The second-order valence-corrected chi connectivity index (χ2v) is 10.2. The summed E-state index contributed by atoms with van der Waals surface area (Å²) in [7, 11) is 0. The minimum Gasteiger partial charge on any atom is -0.508 e. The van der Waals surface area contributed by atoms with Gasteiger partial charge >= 0.3 is 0 Å². The Morgan fingerprint density at radius 1 is 1.19 bits per heavy atom. The molecule has 0 bridgehead atoms. The monoisotopic (exact) mass is 535 g/mol. The zero-order valence-corrected chi connectivity index (χ0v) is 22.1. The summed E-state index contributed by atoms with van der Waals surface area (Å²) in [5.74, 6) is 0.923. The number of aromatic hydroxyl groups is 1. The van der Waals surface area contributed by atoms with Crippen LogP contribution in [0.5, 0.6) is 11.5 Å². The van der Waals surface area contributed by atoms with E-state index in [1.54, 1.807) is 42.5 Å². The van der Waals surface area contributed by atoms with E-state index in [9.17, 15) is 14.7 Å². The molecule has 4 rings (SSSR count). The molecule has 0 aromatic heterocycles.